The highest BCUT2D eigenvalue weighted by Gasteiger charge is 2.29. The van der Waals surface area contributed by atoms with Gasteiger partial charge in [0.25, 0.3) is 11.8 Å². The molecule has 0 bridgehead atoms. The van der Waals surface area contributed by atoms with E-state index in [1.165, 1.54) is 28.6 Å². The van der Waals surface area contributed by atoms with Crippen molar-refractivity contribution in [2.45, 2.75) is 44.7 Å². The smallest absolute Gasteiger partial charge is 0.329 e. The van der Waals surface area contributed by atoms with Crippen LogP contribution in [0, 0.1) is 5.92 Å². The van der Waals surface area contributed by atoms with E-state index < -0.39 is 40.5 Å². The predicted molar refractivity (Wildman–Crippen MR) is 116 cm³/mol. The maximum atomic E-state index is 12.9. The van der Waals surface area contributed by atoms with Gasteiger partial charge in [0, 0.05) is 24.7 Å². The Hall–Kier alpha value is -2.50. The van der Waals surface area contributed by atoms with Gasteiger partial charge in [-0.05, 0) is 38.0 Å². The first-order valence-electron chi connectivity index (χ1n) is 10.5. The number of morpholine rings is 1. The van der Waals surface area contributed by atoms with Crippen molar-refractivity contribution in [1.29, 1.82) is 0 Å². The Morgan fingerprint density at radius 3 is 2.34 bits per heavy atom. The molecule has 11 heteroatoms. The van der Waals surface area contributed by atoms with Gasteiger partial charge in [0.15, 0.2) is 6.61 Å². The molecule has 1 atom stereocenters. The third-order valence-electron chi connectivity index (χ3n) is 4.71. The van der Waals surface area contributed by atoms with Gasteiger partial charge < -0.3 is 20.1 Å². The lowest BCUT2D eigenvalue weighted by molar-refractivity contribution is -0.151. The Labute approximate surface area is 188 Å². The molecule has 10 nitrogen and oxygen atoms in total. The maximum Gasteiger partial charge on any atom is 0.329 e. The summed E-state index contributed by atoms with van der Waals surface area (Å²) < 4.78 is 37.3. The van der Waals surface area contributed by atoms with Crippen molar-refractivity contribution >= 4 is 27.8 Å². The minimum atomic E-state index is -3.77. The van der Waals surface area contributed by atoms with Gasteiger partial charge in [-0.15, -0.1) is 0 Å². The molecule has 2 amide bonds. The van der Waals surface area contributed by atoms with E-state index in [-0.39, 0.29) is 35.5 Å². The Morgan fingerprint density at radius 2 is 1.75 bits per heavy atom. The molecule has 0 aliphatic carbocycles. The normalized spacial score (nSPS) is 15.9. The maximum absolute atomic E-state index is 12.9. The summed E-state index contributed by atoms with van der Waals surface area (Å²) in [6, 6.07) is 4.53. The van der Waals surface area contributed by atoms with Gasteiger partial charge in [0.1, 0.15) is 6.04 Å². The molecular weight excluding hydrogens is 438 g/mol. The van der Waals surface area contributed by atoms with E-state index >= 15 is 0 Å². The summed E-state index contributed by atoms with van der Waals surface area (Å²) in [5.41, 5.74) is 0.0929. The molecular formula is C21H31N3O7S. The van der Waals surface area contributed by atoms with Gasteiger partial charge in [0.05, 0.1) is 18.1 Å². The van der Waals surface area contributed by atoms with Crippen LogP contribution >= 0.6 is 0 Å². The quantitative estimate of drug-likeness (QED) is 0.504. The van der Waals surface area contributed by atoms with Gasteiger partial charge in [0.2, 0.25) is 10.0 Å². The highest BCUT2D eigenvalue weighted by Crippen LogP contribution is 2.19. The summed E-state index contributed by atoms with van der Waals surface area (Å²) in [5, 5.41) is 5.19. The Bertz CT molecular complexity index is 925. The fourth-order valence-electron chi connectivity index (χ4n) is 3.05. The van der Waals surface area contributed by atoms with Crippen molar-refractivity contribution in [3.8, 4) is 0 Å². The fraction of sp³-hybridized carbons (Fsp3) is 0.571. The number of rotatable bonds is 9. The number of carbonyl (C=O) groups is 3. The van der Waals surface area contributed by atoms with Gasteiger partial charge in [-0.1, -0.05) is 19.9 Å². The molecule has 1 aromatic rings. The van der Waals surface area contributed by atoms with Crippen LogP contribution in [0.1, 0.15) is 38.1 Å². The highest BCUT2D eigenvalue weighted by atomic mass is 32.2. The number of nitrogens with zero attached hydrogens (tertiary/aromatic N) is 1. The first kappa shape index (κ1) is 25.8. The second kappa shape index (κ2) is 11.4. The lowest BCUT2D eigenvalue weighted by atomic mass is 10.0. The Kier molecular flexibility index (Phi) is 9.17. The standard InChI is InChI=1S/C21H31N3O7S/c1-14(2)19(21(27)31-13-18(25)22-15(3)4)23-20(26)16-6-5-7-17(12-16)32(28,29)24-8-10-30-11-9-24/h5-7,12,14-15,19H,8-11,13H2,1-4H3,(H,22,25)(H,23,26)/t19-/m0/s1. The molecule has 0 unspecified atom stereocenters. The lowest BCUT2D eigenvalue weighted by Gasteiger charge is -2.26. The van der Waals surface area contributed by atoms with E-state index in [1.54, 1.807) is 27.7 Å². The van der Waals surface area contributed by atoms with Gasteiger partial charge in [-0.2, -0.15) is 4.31 Å². The van der Waals surface area contributed by atoms with E-state index in [0.717, 1.165) is 0 Å². The molecule has 178 valence electrons. The zero-order chi connectivity index (χ0) is 23.9. The molecule has 1 fully saturated rings. The van der Waals surface area contributed by atoms with Crippen molar-refractivity contribution in [2.24, 2.45) is 5.92 Å². The minimum absolute atomic E-state index is 0.0129. The van der Waals surface area contributed by atoms with Crippen LogP contribution in [-0.4, -0.2) is 75.5 Å². The number of hydrogen-bond donors (Lipinski definition) is 2. The molecule has 1 saturated heterocycles. The van der Waals surface area contributed by atoms with Crippen LogP contribution in [0.3, 0.4) is 0 Å². The number of nitrogens with one attached hydrogen (secondary N) is 2. The monoisotopic (exact) mass is 469 g/mol. The fourth-order valence-corrected chi connectivity index (χ4v) is 4.50. The summed E-state index contributed by atoms with van der Waals surface area (Å²) in [6.07, 6.45) is 0. The van der Waals surface area contributed by atoms with Crippen molar-refractivity contribution in [3.63, 3.8) is 0 Å². The van der Waals surface area contributed by atoms with E-state index in [1.807, 2.05) is 0 Å². The molecule has 1 aromatic carbocycles. The molecule has 2 rings (SSSR count). The summed E-state index contributed by atoms with van der Waals surface area (Å²) in [5.74, 6) is -2.13. The molecule has 0 radical (unpaired) electrons. The second-order valence-electron chi connectivity index (χ2n) is 8.07. The van der Waals surface area contributed by atoms with Crippen LogP contribution in [0.25, 0.3) is 0 Å². The molecule has 0 spiro atoms. The van der Waals surface area contributed by atoms with Crippen LogP contribution < -0.4 is 10.6 Å². The van der Waals surface area contributed by atoms with Gasteiger partial charge in [-0.3, -0.25) is 9.59 Å². The van der Waals surface area contributed by atoms with Crippen molar-refractivity contribution in [1.82, 2.24) is 14.9 Å². The summed E-state index contributed by atoms with van der Waals surface area (Å²) in [7, 11) is -3.77. The van der Waals surface area contributed by atoms with E-state index in [9.17, 15) is 22.8 Å². The molecule has 2 N–H and O–H groups in total. The average Bonchev–Trinajstić information content (AvgIpc) is 2.75. The zero-order valence-electron chi connectivity index (χ0n) is 18.8. The first-order valence-corrected chi connectivity index (χ1v) is 11.9. The van der Waals surface area contributed by atoms with Gasteiger partial charge >= 0.3 is 5.97 Å². The topological polar surface area (TPSA) is 131 Å². The molecule has 0 saturated carbocycles. The third-order valence-corrected chi connectivity index (χ3v) is 6.60. The Balaban J connectivity index is 2.09. The highest BCUT2D eigenvalue weighted by molar-refractivity contribution is 7.89. The predicted octanol–water partition coefficient (Wildman–Crippen LogP) is 0.530. The molecule has 0 aromatic heterocycles. The largest absolute Gasteiger partial charge is 0.454 e. The van der Waals surface area contributed by atoms with Gasteiger partial charge in [-0.25, -0.2) is 13.2 Å². The van der Waals surface area contributed by atoms with Crippen LogP contribution in [-0.2, 0) is 29.1 Å². The van der Waals surface area contributed by atoms with E-state index in [0.29, 0.717) is 13.2 Å². The second-order valence-corrected chi connectivity index (χ2v) is 10.0. The van der Waals surface area contributed by atoms with E-state index in [4.69, 9.17) is 9.47 Å². The molecule has 1 aliphatic heterocycles. The number of sulfonamides is 1. The van der Waals surface area contributed by atoms with Crippen LogP contribution in [0.15, 0.2) is 29.2 Å². The summed E-state index contributed by atoms with van der Waals surface area (Å²) in [4.78, 5) is 36.9. The van der Waals surface area contributed by atoms with E-state index in [2.05, 4.69) is 10.6 Å². The minimum Gasteiger partial charge on any atom is -0.454 e. The van der Waals surface area contributed by atoms with Crippen LogP contribution in [0.5, 0.6) is 0 Å². The third kappa shape index (κ3) is 7.01. The molecule has 1 heterocycles. The van der Waals surface area contributed by atoms with Crippen molar-refractivity contribution in [2.75, 3.05) is 32.9 Å². The van der Waals surface area contributed by atoms with Crippen molar-refractivity contribution in [3.05, 3.63) is 29.8 Å². The molecule has 1 aliphatic rings. The number of esters is 1. The SMILES string of the molecule is CC(C)NC(=O)COC(=O)[C@@H](NC(=O)c1cccc(S(=O)(=O)N2CCOCC2)c1)C(C)C. The van der Waals surface area contributed by atoms with Crippen molar-refractivity contribution < 1.29 is 32.3 Å². The number of ether oxygens (including phenoxy) is 2. The number of carbonyl (C=O) groups excluding carboxylic acids is 3. The number of benzene rings is 1. The van der Waals surface area contributed by atoms with Crippen LogP contribution in [0.4, 0.5) is 0 Å². The number of amides is 2. The lowest BCUT2D eigenvalue weighted by Crippen LogP contribution is -2.46. The van der Waals surface area contributed by atoms with Crippen LogP contribution in [0.2, 0.25) is 0 Å². The Morgan fingerprint density at radius 1 is 1.09 bits per heavy atom. The number of hydrogen-bond acceptors (Lipinski definition) is 7. The molecule has 32 heavy (non-hydrogen) atoms. The zero-order valence-corrected chi connectivity index (χ0v) is 19.6. The average molecular weight is 470 g/mol. The summed E-state index contributed by atoms with van der Waals surface area (Å²) in [6.45, 7) is 7.66. The summed E-state index contributed by atoms with van der Waals surface area (Å²) >= 11 is 0. The first-order chi connectivity index (χ1) is 15.0.